The minimum absolute atomic E-state index is 0.139. The molecule has 2 rings (SSSR count). The number of hydrogen-bond acceptors (Lipinski definition) is 2. The number of halogens is 4. The van der Waals surface area contributed by atoms with Gasteiger partial charge in [-0.25, -0.2) is 0 Å². The van der Waals surface area contributed by atoms with Gasteiger partial charge in [-0.2, -0.15) is 13.2 Å². The molecule has 21 heavy (non-hydrogen) atoms. The second-order valence-electron chi connectivity index (χ2n) is 5.69. The molecule has 0 aliphatic carbocycles. The van der Waals surface area contributed by atoms with Crippen molar-refractivity contribution in [3.05, 3.63) is 34.9 Å². The van der Waals surface area contributed by atoms with Crippen LogP contribution in [-0.2, 0) is 0 Å². The quantitative estimate of drug-likeness (QED) is 0.886. The van der Waals surface area contributed by atoms with Crippen molar-refractivity contribution in [3.63, 3.8) is 0 Å². The highest BCUT2D eigenvalue weighted by Crippen LogP contribution is 2.23. The van der Waals surface area contributed by atoms with E-state index in [0.29, 0.717) is 18.1 Å². The number of rotatable bonds is 5. The van der Waals surface area contributed by atoms with Crippen LogP contribution in [0.25, 0.3) is 0 Å². The number of hydrogen-bond donors (Lipinski definition) is 1. The summed E-state index contributed by atoms with van der Waals surface area (Å²) in [6, 6.07) is 7.76. The van der Waals surface area contributed by atoms with E-state index in [9.17, 15) is 13.2 Å². The third kappa shape index (κ3) is 5.49. The van der Waals surface area contributed by atoms with Gasteiger partial charge < -0.3 is 5.32 Å². The molecule has 0 radical (unpaired) electrons. The molecule has 0 bridgehead atoms. The molecule has 118 valence electrons. The van der Waals surface area contributed by atoms with E-state index in [2.05, 4.69) is 5.32 Å². The number of alkyl halides is 3. The minimum atomic E-state index is -4.10. The average Bonchev–Trinajstić information content (AvgIpc) is 2.81. The Balaban J connectivity index is 1.77. The molecule has 1 aromatic carbocycles. The molecule has 2 atom stereocenters. The van der Waals surface area contributed by atoms with Crippen LogP contribution < -0.4 is 5.32 Å². The number of likely N-dealkylation sites (tertiary alicyclic amines) is 1. The molecule has 1 saturated heterocycles. The Morgan fingerprint density at radius 1 is 1.43 bits per heavy atom. The van der Waals surface area contributed by atoms with Gasteiger partial charge in [0.2, 0.25) is 0 Å². The van der Waals surface area contributed by atoms with Gasteiger partial charge in [-0.3, -0.25) is 4.90 Å². The first-order chi connectivity index (χ1) is 9.83. The van der Waals surface area contributed by atoms with Crippen molar-refractivity contribution in [2.45, 2.75) is 25.6 Å². The minimum Gasteiger partial charge on any atom is -0.310 e. The van der Waals surface area contributed by atoms with Gasteiger partial charge in [0.05, 0.1) is 6.54 Å². The molecule has 0 saturated carbocycles. The van der Waals surface area contributed by atoms with E-state index in [-0.39, 0.29) is 12.0 Å². The molecule has 6 heteroatoms. The van der Waals surface area contributed by atoms with Gasteiger partial charge >= 0.3 is 6.18 Å². The largest absolute Gasteiger partial charge is 0.401 e. The van der Waals surface area contributed by atoms with Crippen LogP contribution in [0, 0.1) is 5.92 Å². The molecule has 1 fully saturated rings. The molecular weight excluding hydrogens is 301 g/mol. The topological polar surface area (TPSA) is 15.3 Å². The zero-order chi connectivity index (χ0) is 15.5. The molecule has 0 spiro atoms. The molecule has 1 aromatic rings. The normalized spacial score (nSPS) is 21.7. The maximum atomic E-state index is 12.3. The summed E-state index contributed by atoms with van der Waals surface area (Å²) in [5.74, 6) is 0.272. The van der Waals surface area contributed by atoms with Crippen molar-refractivity contribution >= 4 is 11.6 Å². The lowest BCUT2D eigenvalue weighted by Gasteiger charge is -2.20. The van der Waals surface area contributed by atoms with E-state index in [1.54, 1.807) is 0 Å². The Kier molecular flexibility index (Phi) is 5.52. The summed E-state index contributed by atoms with van der Waals surface area (Å²) in [6.45, 7) is 3.00. The maximum Gasteiger partial charge on any atom is 0.401 e. The van der Waals surface area contributed by atoms with E-state index in [4.69, 9.17) is 11.6 Å². The molecule has 0 amide bonds. The highest BCUT2D eigenvalue weighted by molar-refractivity contribution is 6.30. The summed E-state index contributed by atoms with van der Waals surface area (Å²) >= 11 is 5.96. The summed E-state index contributed by atoms with van der Waals surface area (Å²) < 4.78 is 37.0. The van der Waals surface area contributed by atoms with Gasteiger partial charge in [0.25, 0.3) is 0 Å². The van der Waals surface area contributed by atoms with Crippen LogP contribution in [0.5, 0.6) is 0 Å². The molecular formula is C15H20ClF3N2. The average molecular weight is 321 g/mol. The van der Waals surface area contributed by atoms with E-state index in [0.717, 1.165) is 18.5 Å². The fourth-order valence-corrected chi connectivity index (χ4v) is 2.91. The lowest BCUT2D eigenvalue weighted by molar-refractivity contribution is -0.143. The van der Waals surface area contributed by atoms with Gasteiger partial charge in [0.15, 0.2) is 0 Å². The van der Waals surface area contributed by atoms with Crippen molar-refractivity contribution in [3.8, 4) is 0 Å². The summed E-state index contributed by atoms with van der Waals surface area (Å²) in [6.07, 6.45) is -3.29. The van der Waals surface area contributed by atoms with Crippen molar-refractivity contribution in [2.75, 3.05) is 26.2 Å². The Morgan fingerprint density at radius 3 is 2.86 bits per heavy atom. The van der Waals surface area contributed by atoms with Crippen molar-refractivity contribution < 1.29 is 13.2 Å². The SMILES string of the molecule is CC(NCC1CCN(CC(F)(F)F)C1)c1cccc(Cl)c1. The summed E-state index contributed by atoms with van der Waals surface area (Å²) in [5.41, 5.74) is 1.09. The van der Waals surface area contributed by atoms with Crippen LogP contribution in [0.3, 0.4) is 0 Å². The fourth-order valence-electron chi connectivity index (χ4n) is 2.71. The second kappa shape index (κ2) is 6.99. The molecule has 1 N–H and O–H groups in total. The highest BCUT2D eigenvalue weighted by Gasteiger charge is 2.34. The second-order valence-corrected chi connectivity index (χ2v) is 6.13. The molecule has 2 nitrogen and oxygen atoms in total. The number of nitrogens with zero attached hydrogens (tertiary/aromatic N) is 1. The first kappa shape index (κ1) is 16.6. The predicted octanol–water partition coefficient (Wildman–Crippen LogP) is 3.87. The lowest BCUT2D eigenvalue weighted by Crippen LogP contribution is -2.34. The van der Waals surface area contributed by atoms with E-state index >= 15 is 0 Å². The molecule has 1 aliphatic heterocycles. The summed E-state index contributed by atoms with van der Waals surface area (Å²) in [5, 5.41) is 4.08. The van der Waals surface area contributed by atoms with Crippen LogP contribution in [0.1, 0.15) is 24.9 Å². The van der Waals surface area contributed by atoms with Crippen molar-refractivity contribution in [2.24, 2.45) is 5.92 Å². The molecule has 1 heterocycles. The van der Waals surface area contributed by atoms with Crippen LogP contribution >= 0.6 is 11.6 Å². The third-order valence-electron chi connectivity index (χ3n) is 3.83. The standard InChI is InChI=1S/C15H20ClF3N2/c1-11(13-3-2-4-14(16)7-13)20-8-12-5-6-21(9-12)10-15(17,18)19/h2-4,7,11-12,20H,5-6,8-10H2,1H3. The van der Waals surface area contributed by atoms with Gasteiger partial charge in [-0.05, 0) is 50.0 Å². The van der Waals surface area contributed by atoms with Crippen LogP contribution in [0.15, 0.2) is 24.3 Å². The Bertz CT molecular complexity index is 464. The van der Waals surface area contributed by atoms with E-state index in [1.807, 2.05) is 31.2 Å². The highest BCUT2D eigenvalue weighted by atomic mass is 35.5. The van der Waals surface area contributed by atoms with Crippen LogP contribution in [-0.4, -0.2) is 37.3 Å². The lowest BCUT2D eigenvalue weighted by atomic mass is 10.1. The maximum absolute atomic E-state index is 12.3. The summed E-state index contributed by atoms with van der Waals surface area (Å²) in [7, 11) is 0. The fraction of sp³-hybridized carbons (Fsp3) is 0.600. The Morgan fingerprint density at radius 2 is 2.19 bits per heavy atom. The molecule has 2 unspecified atom stereocenters. The number of nitrogens with one attached hydrogen (secondary N) is 1. The first-order valence-electron chi connectivity index (χ1n) is 7.11. The van der Waals surface area contributed by atoms with Gasteiger partial charge in [0.1, 0.15) is 0 Å². The van der Waals surface area contributed by atoms with Crippen LogP contribution in [0.4, 0.5) is 13.2 Å². The van der Waals surface area contributed by atoms with Crippen molar-refractivity contribution in [1.82, 2.24) is 10.2 Å². The third-order valence-corrected chi connectivity index (χ3v) is 4.07. The predicted molar refractivity (Wildman–Crippen MR) is 78.5 cm³/mol. The zero-order valence-electron chi connectivity index (χ0n) is 12.0. The molecule has 0 aromatic heterocycles. The first-order valence-corrected chi connectivity index (χ1v) is 7.49. The Labute approximate surface area is 128 Å². The van der Waals surface area contributed by atoms with E-state index in [1.165, 1.54) is 4.90 Å². The van der Waals surface area contributed by atoms with Gasteiger partial charge in [-0.15, -0.1) is 0 Å². The van der Waals surface area contributed by atoms with Crippen molar-refractivity contribution in [1.29, 1.82) is 0 Å². The number of benzene rings is 1. The van der Waals surface area contributed by atoms with E-state index < -0.39 is 12.7 Å². The monoisotopic (exact) mass is 320 g/mol. The van der Waals surface area contributed by atoms with Gasteiger partial charge in [-0.1, -0.05) is 23.7 Å². The van der Waals surface area contributed by atoms with Crippen LogP contribution in [0.2, 0.25) is 5.02 Å². The zero-order valence-corrected chi connectivity index (χ0v) is 12.7. The summed E-state index contributed by atoms with van der Waals surface area (Å²) in [4.78, 5) is 1.48. The Hall–Kier alpha value is -0.780. The molecule has 1 aliphatic rings. The smallest absolute Gasteiger partial charge is 0.310 e. The van der Waals surface area contributed by atoms with Gasteiger partial charge in [0, 0.05) is 17.6 Å².